The Kier molecular flexibility index (Phi) is 4.71. The van der Waals surface area contributed by atoms with Crippen LogP contribution in [0.5, 0.6) is 0 Å². The zero-order valence-corrected chi connectivity index (χ0v) is 13.1. The zero-order chi connectivity index (χ0) is 16.1. The molecule has 0 aromatic heterocycles. The van der Waals surface area contributed by atoms with Gasteiger partial charge in [0.25, 0.3) is 0 Å². The minimum absolute atomic E-state index is 0.268. The van der Waals surface area contributed by atoms with E-state index in [4.69, 9.17) is 10.5 Å². The molecule has 1 aromatic carbocycles. The molecule has 1 atom stereocenters. The van der Waals surface area contributed by atoms with Gasteiger partial charge >= 0.3 is 0 Å². The highest BCUT2D eigenvalue weighted by atomic mass is 14.9. The second-order valence-electron chi connectivity index (χ2n) is 6.16. The van der Waals surface area contributed by atoms with Gasteiger partial charge in [0.2, 0.25) is 0 Å². The van der Waals surface area contributed by atoms with E-state index in [0.29, 0.717) is 5.92 Å². The van der Waals surface area contributed by atoms with Crippen molar-refractivity contribution in [2.24, 2.45) is 5.92 Å². The molecule has 0 unspecified atom stereocenters. The quantitative estimate of drug-likeness (QED) is 0.872. The van der Waals surface area contributed by atoms with Gasteiger partial charge in [-0.25, -0.2) is 0 Å². The van der Waals surface area contributed by atoms with Crippen molar-refractivity contribution >= 4 is 0 Å². The largest absolute Gasteiger partial charge is 0.314 e. The molecule has 0 aliphatic heterocycles. The van der Waals surface area contributed by atoms with Crippen molar-refractivity contribution in [2.45, 2.75) is 32.2 Å². The lowest BCUT2D eigenvalue weighted by molar-refractivity contribution is -0.625. The maximum absolute atomic E-state index is 9.06. The molecule has 0 saturated carbocycles. The lowest BCUT2D eigenvalue weighted by atomic mass is 9.78. The number of nitriles is 2. The van der Waals surface area contributed by atoms with E-state index in [1.807, 2.05) is 18.2 Å². The first kappa shape index (κ1) is 15.3. The van der Waals surface area contributed by atoms with E-state index in [2.05, 4.69) is 41.7 Å². The van der Waals surface area contributed by atoms with Crippen molar-refractivity contribution in [3.63, 3.8) is 0 Å². The number of fused-ring (bicyclic) bond motifs is 1. The topological polar surface area (TPSA) is 64.2 Å². The smallest absolute Gasteiger partial charge is 0.132 e. The van der Waals surface area contributed by atoms with Crippen molar-refractivity contribution in [1.82, 2.24) is 0 Å². The number of hydrogen-bond donors (Lipinski definition) is 1. The van der Waals surface area contributed by atoms with Crippen LogP contribution in [-0.2, 0) is 6.54 Å². The number of hydrogen-bond acceptors (Lipinski definition) is 2. The van der Waals surface area contributed by atoms with Crippen molar-refractivity contribution < 1.29 is 5.32 Å². The minimum atomic E-state index is 0.268. The predicted molar refractivity (Wildman–Crippen MR) is 88.4 cm³/mol. The minimum Gasteiger partial charge on any atom is -0.314 e. The van der Waals surface area contributed by atoms with Crippen LogP contribution in [0.15, 0.2) is 64.9 Å². The number of rotatable bonds is 3. The van der Waals surface area contributed by atoms with Gasteiger partial charge in [-0.15, -0.1) is 0 Å². The molecule has 1 aromatic rings. The first-order valence-corrected chi connectivity index (χ1v) is 8.13. The average Bonchev–Trinajstić information content (AvgIpc) is 2.61. The number of nitrogens with zero attached hydrogens (tertiary/aromatic N) is 2. The van der Waals surface area contributed by atoms with Crippen molar-refractivity contribution in [3.05, 3.63) is 70.5 Å². The molecule has 3 nitrogen and oxygen atoms in total. The van der Waals surface area contributed by atoms with Gasteiger partial charge in [0.15, 0.2) is 0 Å². The van der Waals surface area contributed by atoms with Crippen LogP contribution in [0, 0.1) is 28.6 Å². The first-order valence-electron chi connectivity index (χ1n) is 8.13. The van der Waals surface area contributed by atoms with Crippen LogP contribution in [0.1, 0.15) is 31.2 Å². The Labute approximate surface area is 137 Å². The summed E-state index contributed by atoms with van der Waals surface area (Å²) in [4.78, 5) is 0. The van der Waals surface area contributed by atoms with Gasteiger partial charge < -0.3 is 5.32 Å². The monoisotopic (exact) mass is 302 g/mol. The number of nitrogens with two attached hydrogens (primary N) is 1. The van der Waals surface area contributed by atoms with Crippen LogP contribution in [0.2, 0.25) is 0 Å². The Morgan fingerprint density at radius 2 is 1.78 bits per heavy atom. The lowest BCUT2D eigenvalue weighted by Crippen LogP contribution is -2.80. The van der Waals surface area contributed by atoms with Gasteiger partial charge in [-0.05, 0) is 42.4 Å². The average molecular weight is 302 g/mol. The summed E-state index contributed by atoms with van der Waals surface area (Å²) in [6, 6.07) is 14.5. The second-order valence-corrected chi connectivity index (χ2v) is 6.16. The van der Waals surface area contributed by atoms with E-state index in [0.717, 1.165) is 31.4 Å². The summed E-state index contributed by atoms with van der Waals surface area (Å²) in [5, 5.41) is 20.4. The molecule has 0 heterocycles. The number of quaternary nitrogens is 1. The summed E-state index contributed by atoms with van der Waals surface area (Å²) < 4.78 is 0. The predicted octanol–water partition coefficient (Wildman–Crippen LogP) is 3.11. The molecule has 2 aliphatic rings. The third-order valence-electron chi connectivity index (χ3n) is 4.70. The maximum atomic E-state index is 9.06. The molecule has 0 spiro atoms. The molecule has 114 valence electrons. The molecule has 23 heavy (non-hydrogen) atoms. The highest BCUT2D eigenvalue weighted by Gasteiger charge is 2.25. The summed E-state index contributed by atoms with van der Waals surface area (Å²) in [6.07, 6.45) is 8.54. The highest BCUT2D eigenvalue weighted by molar-refractivity contribution is 5.49. The fourth-order valence-corrected chi connectivity index (χ4v) is 3.38. The van der Waals surface area contributed by atoms with Crippen molar-refractivity contribution in [3.8, 4) is 12.1 Å². The van der Waals surface area contributed by atoms with Crippen molar-refractivity contribution in [2.75, 3.05) is 0 Å². The summed E-state index contributed by atoms with van der Waals surface area (Å²) >= 11 is 0. The van der Waals surface area contributed by atoms with E-state index in [1.165, 1.54) is 23.3 Å². The Morgan fingerprint density at radius 3 is 2.52 bits per heavy atom. The molecule has 0 bridgehead atoms. The molecule has 0 radical (unpaired) electrons. The summed E-state index contributed by atoms with van der Waals surface area (Å²) in [6.45, 7) is 0.953. The van der Waals surface area contributed by atoms with Gasteiger partial charge in [0.05, 0.1) is 0 Å². The SMILES string of the molecule is N#CC(C#N)=C1C=C2C=C([NH2+]Cc3ccccc3)CC[C@H]2CC1. The van der Waals surface area contributed by atoms with E-state index in [1.54, 1.807) is 0 Å². The van der Waals surface area contributed by atoms with Crippen LogP contribution in [0.3, 0.4) is 0 Å². The van der Waals surface area contributed by atoms with Gasteiger partial charge in [-0.2, -0.15) is 10.5 Å². The number of allylic oxidation sites excluding steroid dienone is 6. The standard InChI is InChI=1S/C20H19N3/c21-12-19(13-22)17-7-6-16-8-9-20(11-18(16)10-17)23-14-15-4-2-1-3-5-15/h1-5,10-11,16,23H,6-9,14H2/p+1/t16-/m1/s1. The Morgan fingerprint density at radius 1 is 1.04 bits per heavy atom. The normalized spacial score (nSPS) is 19.7. The van der Waals surface area contributed by atoms with E-state index in [-0.39, 0.29) is 5.57 Å². The molecule has 0 amide bonds. The molecule has 3 rings (SSSR count). The van der Waals surface area contributed by atoms with Crippen molar-refractivity contribution in [1.29, 1.82) is 10.5 Å². The van der Waals surface area contributed by atoms with E-state index in [9.17, 15) is 0 Å². The molecule has 2 aliphatic carbocycles. The fraction of sp³-hybridized carbons (Fsp3) is 0.300. The van der Waals surface area contributed by atoms with Crippen LogP contribution < -0.4 is 5.32 Å². The summed E-state index contributed by atoms with van der Waals surface area (Å²) in [7, 11) is 0. The third-order valence-corrected chi connectivity index (χ3v) is 4.70. The second kappa shape index (κ2) is 7.09. The zero-order valence-electron chi connectivity index (χ0n) is 13.1. The Balaban J connectivity index is 1.77. The van der Waals surface area contributed by atoms with E-state index < -0.39 is 0 Å². The maximum Gasteiger partial charge on any atom is 0.132 e. The molecular formula is C20H20N3+. The molecule has 0 fully saturated rings. The van der Waals surface area contributed by atoms with Crippen LogP contribution in [0.25, 0.3) is 0 Å². The molecular weight excluding hydrogens is 282 g/mol. The fourth-order valence-electron chi connectivity index (χ4n) is 3.38. The van der Waals surface area contributed by atoms with Gasteiger partial charge in [-0.3, -0.25) is 0 Å². The molecule has 2 N–H and O–H groups in total. The first-order chi connectivity index (χ1) is 11.3. The van der Waals surface area contributed by atoms with Gasteiger partial charge in [-0.1, -0.05) is 36.4 Å². The highest BCUT2D eigenvalue weighted by Crippen LogP contribution is 2.36. The molecule has 3 heteroatoms. The number of benzene rings is 1. The summed E-state index contributed by atoms with van der Waals surface area (Å²) in [5.74, 6) is 0.589. The Bertz CT molecular complexity index is 738. The third kappa shape index (κ3) is 3.59. The van der Waals surface area contributed by atoms with E-state index >= 15 is 0 Å². The van der Waals surface area contributed by atoms with Gasteiger partial charge in [0.1, 0.15) is 30.0 Å². The van der Waals surface area contributed by atoms with Crippen LogP contribution in [-0.4, -0.2) is 0 Å². The molecule has 0 saturated heterocycles. The lowest BCUT2D eigenvalue weighted by Gasteiger charge is -2.27. The van der Waals surface area contributed by atoms with Crippen LogP contribution in [0.4, 0.5) is 0 Å². The van der Waals surface area contributed by atoms with Crippen LogP contribution >= 0.6 is 0 Å². The summed E-state index contributed by atoms with van der Waals surface area (Å²) in [5.41, 5.74) is 5.16. The Hall–Kier alpha value is -2.62. The van der Waals surface area contributed by atoms with Gasteiger partial charge in [0, 0.05) is 12.0 Å².